The molecule has 0 radical (unpaired) electrons. The molecule has 0 bridgehead atoms. The van der Waals surface area contributed by atoms with E-state index in [1.807, 2.05) is 31.9 Å². The molecule has 4 nitrogen and oxygen atoms in total. The second-order valence-electron chi connectivity index (χ2n) is 5.69. The van der Waals surface area contributed by atoms with Crippen molar-refractivity contribution in [2.75, 3.05) is 26.0 Å². The Morgan fingerprint density at radius 3 is 2.44 bits per heavy atom. The van der Waals surface area contributed by atoms with E-state index in [1.165, 1.54) is 12.0 Å². The molecule has 5 heteroatoms. The van der Waals surface area contributed by atoms with Crippen molar-refractivity contribution in [3.8, 4) is 0 Å². The lowest BCUT2D eigenvalue weighted by molar-refractivity contribution is 0.0178. The first-order valence-corrected chi connectivity index (χ1v) is 7.71. The molecule has 0 aromatic rings. The Balaban J connectivity index is 2.24. The van der Waals surface area contributed by atoms with E-state index in [-0.39, 0.29) is 6.09 Å². The average Bonchev–Trinajstić information content (AvgIpc) is 2.28. The number of hydrogen-bond acceptors (Lipinski definition) is 4. The van der Waals surface area contributed by atoms with Gasteiger partial charge in [-0.25, -0.2) is 4.79 Å². The van der Waals surface area contributed by atoms with Gasteiger partial charge < -0.3 is 13.8 Å². The van der Waals surface area contributed by atoms with Crippen LogP contribution in [0.1, 0.15) is 40.0 Å². The quantitative estimate of drug-likeness (QED) is 0.583. The normalized spacial score (nSPS) is 17.9. The third-order valence-corrected chi connectivity index (χ3v) is 3.40. The van der Waals surface area contributed by atoms with E-state index in [0.29, 0.717) is 5.92 Å². The summed E-state index contributed by atoms with van der Waals surface area (Å²) in [6, 6.07) is 0. The van der Waals surface area contributed by atoms with Gasteiger partial charge in [-0.1, -0.05) is 0 Å². The Bertz CT molecular complexity index is 257. The molecule has 1 amide bonds. The first kappa shape index (κ1) is 15.6. The molecule has 0 unspecified atom stereocenters. The number of carbonyl (C=O) groups excluding carboxylic acids is 1. The fourth-order valence-corrected chi connectivity index (χ4v) is 2.29. The molecule has 106 valence electrons. The number of rotatable bonds is 4. The largest absolute Gasteiger partial charge is 0.444 e. The molecule has 0 atom stereocenters. The minimum Gasteiger partial charge on any atom is -0.444 e. The summed E-state index contributed by atoms with van der Waals surface area (Å²) in [5.41, 5.74) is -0.403. The van der Waals surface area contributed by atoms with E-state index in [4.69, 9.17) is 8.92 Å². The fourth-order valence-electron chi connectivity index (χ4n) is 2.03. The summed E-state index contributed by atoms with van der Waals surface area (Å²) >= 11 is 1.42. The SMILES string of the molecule is CSOCCC1CCN(C(=O)OC(C)(C)C)CC1. The number of hydrogen-bond donors (Lipinski definition) is 0. The highest BCUT2D eigenvalue weighted by atomic mass is 32.2. The van der Waals surface area contributed by atoms with Crippen LogP contribution in [0.4, 0.5) is 4.79 Å². The van der Waals surface area contributed by atoms with Crippen molar-refractivity contribution in [3.63, 3.8) is 0 Å². The molecule has 0 aromatic carbocycles. The van der Waals surface area contributed by atoms with Crippen LogP contribution in [0.2, 0.25) is 0 Å². The lowest BCUT2D eigenvalue weighted by Gasteiger charge is -2.33. The summed E-state index contributed by atoms with van der Waals surface area (Å²) in [5, 5.41) is 0. The highest BCUT2D eigenvalue weighted by Crippen LogP contribution is 2.22. The van der Waals surface area contributed by atoms with Crippen molar-refractivity contribution in [2.24, 2.45) is 5.92 Å². The molecular weight excluding hydrogens is 250 g/mol. The van der Waals surface area contributed by atoms with Crippen molar-refractivity contribution in [2.45, 2.75) is 45.6 Å². The number of nitrogens with zero attached hydrogens (tertiary/aromatic N) is 1. The number of likely N-dealkylation sites (tertiary alicyclic amines) is 1. The zero-order chi connectivity index (χ0) is 13.6. The van der Waals surface area contributed by atoms with Gasteiger partial charge in [0.25, 0.3) is 0 Å². The number of ether oxygens (including phenoxy) is 1. The second kappa shape index (κ2) is 7.24. The van der Waals surface area contributed by atoms with Crippen LogP contribution < -0.4 is 0 Å². The van der Waals surface area contributed by atoms with E-state index >= 15 is 0 Å². The van der Waals surface area contributed by atoms with Crippen LogP contribution in [0, 0.1) is 5.92 Å². The minimum atomic E-state index is -0.403. The van der Waals surface area contributed by atoms with Crippen molar-refractivity contribution >= 4 is 18.1 Å². The highest BCUT2D eigenvalue weighted by Gasteiger charge is 2.26. The highest BCUT2D eigenvalue weighted by molar-refractivity contribution is 7.93. The topological polar surface area (TPSA) is 38.8 Å². The van der Waals surface area contributed by atoms with Gasteiger partial charge in [-0.2, -0.15) is 0 Å². The van der Waals surface area contributed by atoms with Crippen LogP contribution >= 0.6 is 12.0 Å². The summed E-state index contributed by atoms with van der Waals surface area (Å²) in [6.45, 7) is 8.11. The standard InChI is InChI=1S/C13H25NO3S/c1-13(2,3)17-12(15)14-8-5-11(6-9-14)7-10-16-18-4/h11H,5-10H2,1-4H3. The van der Waals surface area contributed by atoms with Crippen LogP contribution in [0.15, 0.2) is 0 Å². The van der Waals surface area contributed by atoms with Crippen molar-refractivity contribution < 1.29 is 13.7 Å². The van der Waals surface area contributed by atoms with E-state index in [1.54, 1.807) is 0 Å². The average molecular weight is 275 g/mol. The Morgan fingerprint density at radius 2 is 1.94 bits per heavy atom. The van der Waals surface area contributed by atoms with Crippen molar-refractivity contribution in [1.29, 1.82) is 0 Å². The Morgan fingerprint density at radius 1 is 1.33 bits per heavy atom. The van der Waals surface area contributed by atoms with Gasteiger partial charge in [0, 0.05) is 19.3 Å². The molecule has 0 saturated carbocycles. The van der Waals surface area contributed by atoms with Gasteiger partial charge in [0.2, 0.25) is 0 Å². The number of amides is 1. The zero-order valence-corrected chi connectivity index (χ0v) is 12.7. The van der Waals surface area contributed by atoms with Crippen LogP contribution in [0.25, 0.3) is 0 Å². The van der Waals surface area contributed by atoms with Crippen LogP contribution in [-0.2, 0) is 8.92 Å². The number of piperidine rings is 1. The van der Waals surface area contributed by atoms with E-state index < -0.39 is 5.60 Å². The Labute approximate surface area is 115 Å². The molecular formula is C13H25NO3S. The molecule has 0 aliphatic carbocycles. The molecule has 0 spiro atoms. The molecule has 18 heavy (non-hydrogen) atoms. The van der Waals surface area contributed by atoms with Crippen LogP contribution in [0.3, 0.4) is 0 Å². The summed E-state index contributed by atoms with van der Waals surface area (Å²) in [4.78, 5) is 13.7. The Kier molecular flexibility index (Phi) is 6.29. The summed E-state index contributed by atoms with van der Waals surface area (Å²) in [7, 11) is 0. The molecule has 1 heterocycles. The van der Waals surface area contributed by atoms with Gasteiger partial charge in [-0.05, 0) is 58.0 Å². The predicted molar refractivity (Wildman–Crippen MR) is 74.6 cm³/mol. The third kappa shape index (κ3) is 5.96. The van der Waals surface area contributed by atoms with Gasteiger partial charge in [-0.3, -0.25) is 0 Å². The predicted octanol–water partition coefficient (Wildman–Crippen LogP) is 3.32. The molecule has 0 aromatic heterocycles. The van der Waals surface area contributed by atoms with E-state index in [0.717, 1.165) is 39.0 Å². The molecule has 1 aliphatic rings. The molecule has 1 aliphatic heterocycles. The van der Waals surface area contributed by atoms with Gasteiger partial charge in [-0.15, -0.1) is 0 Å². The maximum Gasteiger partial charge on any atom is 0.410 e. The lowest BCUT2D eigenvalue weighted by atomic mass is 9.94. The first-order chi connectivity index (χ1) is 8.42. The van der Waals surface area contributed by atoms with Gasteiger partial charge in [0.15, 0.2) is 0 Å². The van der Waals surface area contributed by atoms with E-state index in [9.17, 15) is 4.79 Å². The van der Waals surface area contributed by atoms with Gasteiger partial charge in [0.1, 0.15) is 5.60 Å². The third-order valence-electron chi connectivity index (χ3n) is 2.99. The maximum absolute atomic E-state index is 11.9. The summed E-state index contributed by atoms with van der Waals surface area (Å²) in [6.07, 6.45) is 4.95. The second-order valence-corrected chi connectivity index (χ2v) is 6.26. The Hall–Kier alpha value is -0.420. The van der Waals surface area contributed by atoms with Gasteiger partial charge in [0.05, 0.1) is 6.61 Å². The lowest BCUT2D eigenvalue weighted by Crippen LogP contribution is -2.41. The van der Waals surface area contributed by atoms with Gasteiger partial charge >= 0.3 is 6.09 Å². The first-order valence-electron chi connectivity index (χ1n) is 6.56. The molecule has 1 rings (SSSR count). The van der Waals surface area contributed by atoms with Crippen molar-refractivity contribution in [3.05, 3.63) is 0 Å². The molecule has 1 saturated heterocycles. The zero-order valence-electron chi connectivity index (χ0n) is 11.9. The maximum atomic E-state index is 11.9. The fraction of sp³-hybridized carbons (Fsp3) is 0.923. The monoisotopic (exact) mass is 275 g/mol. The number of carbonyl (C=O) groups is 1. The molecule has 1 fully saturated rings. The van der Waals surface area contributed by atoms with Crippen molar-refractivity contribution in [1.82, 2.24) is 4.90 Å². The van der Waals surface area contributed by atoms with Crippen LogP contribution in [0.5, 0.6) is 0 Å². The summed E-state index contributed by atoms with van der Waals surface area (Å²) in [5.74, 6) is 0.677. The van der Waals surface area contributed by atoms with Crippen LogP contribution in [-0.4, -0.2) is 42.5 Å². The smallest absolute Gasteiger partial charge is 0.410 e. The summed E-state index contributed by atoms with van der Waals surface area (Å²) < 4.78 is 10.7. The molecule has 0 N–H and O–H groups in total. The van der Waals surface area contributed by atoms with E-state index in [2.05, 4.69) is 0 Å². The minimum absolute atomic E-state index is 0.179.